The molecular formula is C18H18ClN3O. The first-order valence-corrected chi connectivity index (χ1v) is 8.23. The molecule has 118 valence electrons. The fourth-order valence-electron chi connectivity index (χ4n) is 3.31. The van der Waals surface area contributed by atoms with Crippen LogP contribution in [-0.4, -0.2) is 28.4 Å². The number of hydrogen-bond acceptors (Lipinski definition) is 3. The lowest BCUT2D eigenvalue weighted by Gasteiger charge is -2.21. The van der Waals surface area contributed by atoms with Crippen molar-refractivity contribution in [2.24, 2.45) is 0 Å². The Morgan fingerprint density at radius 1 is 1.30 bits per heavy atom. The molecule has 3 aromatic rings. The van der Waals surface area contributed by atoms with E-state index < -0.39 is 6.10 Å². The number of aliphatic hydroxyl groups excluding tert-OH is 1. The van der Waals surface area contributed by atoms with Gasteiger partial charge in [0.2, 0.25) is 0 Å². The minimum Gasteiger partial charge on any atom is -0.388 e. The predicted octanol–water partition coefficient (Wildman–Crippen LogP) is 3.70. The zero-order valence-corrected chi connectivity index (χ0v) is 13.4. The Balaban J connectivity index is 1.49. The first-order chi connectivity index (χ1) is 11.2. The van der Waals surface area contributed by atoms with Gasteiger partial charge in [0.25, 0.3) is 0 Å². The smallest absolute Gasteiger partial charge is 0.0821 e. The van der Waals surface area contributed by atoms with Gasteiger partial charge in [-0.05, 0) is 42.2 Å². The number of nitrogens with zero attached hydrogens (tertiary/aromatic N) is 2. The molecule has 2 aromatic carbocycles. The second-order valence-electron chi connectivity index (χ2n) is 6.00. The van der Waals surface area contributed by atoms with Crippen LogP contribution in [0.25, 0.3) is 10.9 Å². The first-order valence-electron chi connectivity index (χ1n) is 7.86. The molecule has 0 amide bonds. The fourth-order valence-corrected chi connectivity index (χ4v) is 3.60. The van der Waals surface area contributed by atoms with E-state index in [1.807, 2.05) is 12.1 Å². The number of rotatable bonds is 4. The fraction of sp³-hybridized carbons (Fsp3) is 0.278. The standard InChI is InChI=1S/C18H18ClN3O/c19-15-10-16-13(11-20-21-16)9-14(15)18(23)6-8-22-7-5-12-3-1-2-4-17(12)22/h1-4,9-11,18,23H,5-8H2,(H,20,21). The number of para-hydroxylation sites is 1. The van der Waals surface area contributed by atoms with Crippen LogP contribution in [0.15, 0.2) is 42.6 Å². The van der Waals surface area contributed by atoms with E-state index in [0.717, 1.165) is 36.0 Å². The minimum absolute atomic E-state index is 0.574. The Hall–Kier alpha value is -2.04. The minimum atomic E-state index is -0.574. The second kappa shape index (κ2) is 5.87. The summed E-state index contributed by atoms with van der Waals surface area (Å²) in [6.45, 7) is 1.83. The zero-order chi connectivity index (χ0) is 15.8. The van der Waals surface area contributed by atoms with Crippen LogP contribution in [0.1, 0.15) is 23.7 Å². The van der Waals surface area contributed by atoms with Crippen molar-refractivity contribution in [1.82, 2.24) is 10.2 Å². The van der Waals surface area contributed by atoms with E-state index in [1.165, 1.54) is 11.3 Å². The van der Waals surface area contributed by atoms with Crippen molar-refractivity contribution >= 4 is 28.2 Å². The number of halogens is 1. The van der Waals surface area contributed by atoms with Crippen LogP contribution in [0, 0.1) is 0 Å². The van der Waals surface area contributed by atoms with E-state index in [9.17, 15) is 5.11 Å². The van der Waals surface area contributed by atoms with E-state index in [-0.39, 0.29) is 0 Å². The number of hydrogen-bond donors (Lipinski definition) is 2. The quantitative estimate of drug-likeness (QED) is 0.768. The van der Waals surface area contributed by atoms with Crippen LogP contribution in [0.3, 0.4) is 0 Å². The van der Waals surface area contributed by atoms with Crippen molar-refractivity contribution < 1.29 is 5.11 Å². The van der Waals surface area contributed by atoms with Gasteiger partial charge in [-0.3, -0.25) is 5.10 Å². The van der Waals surface area contributed by atoms with Gasteiger partial charge in [0.05, 0.1) is 17.8 Å². The Kier molecular flexibility index (Phi) is 3.71. The molecule has 4 rings (SSSR count). The van der Waals surface area contributed by atoms with Gasteiger partial charge >= 0.3 is 0 Å². The zero-order valence-electron chi connectivity index (χ0n) is 12.7. The number of H-pyrrole nitrogens is 1. The van der Waals surface area contributed by atoms with E-state index in [0.29, 0.717) is 11.4 Å². The molecule has 0 saturated carbocycles. The highest BCUT2D eigenvalue weighted by Gasteiger charge is 2.20. The molecule has 4 nitrogen and oxygen atoms in total. The van der Waals surface area contributed by atoms with Crippen LogP contribution in [0.4, 0.5) is 5.69 Å². The third-order valence-electron chi connectivity index (χ3n) is 4.57. The van der Waals surface area contributed by atoms with Crippen LogP contribution in [0.2, 0.25) is 5.02 Å². The molecule has 0 saturated heterocycles. The number of aliphatic hydroxyl groups is 1. The lowest BCUT2D eigenvalue weighted by Crippen LogP contribution is -2.23. The molecule has 2 heterocycles. The normalized spacial score (nSPS) is 15.1. The number of anilines is 1. The summed E-state index contributed by atoms with van der Waals surface area (Å²) in [6.07, 6.45) is 2.90. The van der Waals surface area contributed by atoms with E-state index in [1.54, 1.807) is 6.20 Å². The van der Waals surface area contributed by atoms with Crippen molar-refractivity contribution in [3.05, 3.63) is 58.7 Å². The summed E-state index contributed by atoms with van der Waals surface area (Å²) in [5, 5.41) is 19.0. The van der Waals surface area contributed by atoms with Gasteiger partial charge in [-0.2, -0.15) is 5.10 Å². The lowest BCUT2D eigenvalue weighted by molar-refractivity contribution is 0.170. The summed E-state index contributed by atoms with van der Waals surface area (Å²) in [4.78, 5) is 2.34. The van der Waals surface area contributed by atoms with Gasteiger partial charge in [0, 0.05) is 29.2 Å². The average Bonchev–Trinajstić information content (AvgIpc) is 3.18. The third-order valence-corrected chi connectivity index (χ3v) is 4.90. The highest BCUT2D eigenvalue weighted by atomic mass is 35.5. The third kappa shape index (κ3) is 2.69. The molecule has 0 fully saturated rings. The van der Waals surface area contributed by atoms with Gasteiger partial charge in [-0.25, -0.2) is 0 Å². The van der Waals surface area contributed by atoms with Crippen LogP contribution >= 0.6 is 11.6 Å². The Bertz CT molecular complexity index is 845. The van der Waals surface area contributed by atoms with Gasteiger partial charge in [-0.1, -0.05) is 29.8 Å². The van der Waals surface area contributed by atoms with E-state index in [2.05, 4.69) is 39.4 Å². The van der Waals surface area contributed by atoms with Crippen LogP contribution in [0.5, 0.6) is 0 Å². The van der Waals surface area contributed by atoms with Gasteiger partial charge in [-0.15, -0.1) is 0 Å². The predicted molar refractivity (Wildman–Crippen MR) is 93.0 cm³/mol. The molecular weight excluding hydrogens is 310 g/mol. The van der Waals surface area contributed by atoms with Crippen molar-refractivity contribution in [2.45, 2.75) is 18.9 Å². The van der Waals surface area contributed by atoms with Crippen LogP contribution < -0.4 is 4.90 Å². The van der Waals surface area contributed by atoms with Crippen molar-refractivity contribution in [3.8, 4) is 0 Å². The molecule has 0 radical (unpaired) electrons. The van der Waals surface area contributed by atoms with Crippen molar-refractivity contribution in [3.63, 3.8) is 0 Å². The monoisotopic (exact) mass is 327 g/mol. The van der Waals surface area contributed by atoms with Gasteiger partial charge in [0.1, 0.15) is 0 Å². The number of aromatic nitrogens is 2. The average molecular weight is 328 g/mol. The maximum atomic E-state index is 10.6. The number of benzene rings is 2. The molecule has 0 spiro atoms. The summed E-state index contributed by atoms with van der Waals surface area (Å²) in [5.74, 6) is 0. The molecule has 0 aliphatic carbocycles. The maximum Gasteiger partial charge on any atom is 0.0821 e. The summed E-state index contributed by atoms with van der Waals surface area (Å²) >= 11 is 6.31. The van der Waals surface area contributed by atoms with Crippen LogP contribution in [-0.2, 0) is 6.42 Å². The second-order valence-corrected chi connectivity index (χ2v) is 6.41. The molecule has 1 aromatic heterocycles. The summed E-state index contributed by atoms with van der Waals surface area (Å²) < 4.78 is 0. The maximum absolute atomic E-state index is 10.6. The molecule has 2 N–H and O–H groups in total. The summed E-state index contributed by atoms with van der Waals surface area (Å²) in [5.41, 5.74) is 4.34. The summed E-state index contributed by atoms with van der Waals surface area (Å²) in [6, 6.07) is 12.2. The molecule has 0 bridgehead atoms. The number of fused-ring (bicyclic) bond motifs is 2. The number of nitrogens with one attached hydrogen (secondary N) is 1. The highest BCUT2D eigenvalue weighted by Crippen LogP contribution is 2.32. The molecule has 23 heavy (non-hydrogen) atoms. The Labute approximate surface area is 139 Å². The highest BCUT2D eigenvalue weighted by molar-refractivity contribution is 6.32. The van der Waals surface area contributed by atoms with E-state index in [4.69, 9.17) is 11.6 Å². The summed E-state index contributed by atoms with van der Waals surface area (Å²) in [7, 11) is 0. The molecule has 1 aliphatic rings. The molecule has 5 heteroatoms. The Morgan fingerprint density at radius 2 is 2.17 bits per heavy atom. The molecule has 1 atom stereocenters. The Morgan fingerprint density at radius 3 is 3.09 bits per heavy atom. The number of aromatic amines is 1. The van der Waals surface area contributed by atoms with Crippen molar-refractivity contribution in [1.29, 1.82) is 0 Å². The van der Waals surface area contributed by atoms with E-state index >= 15 is 0 Å². The largest absolute Gasteiger partial charge is 0.388 e. The first kappa shape index (κ1) is 14.5. The molecule has 1 unspecified atom stereocenters. The van der Waals surface area contributed by atoms with Crippen molar-refractivity contribution in [2.75, 3.05) is 18.0 Å². The lowest BCUT2D eigenvalue weighted by atomic mass is 10.0. The van der Waals surface area contributed by atoms with Gasteiger partial charge in [0.15, 0.2) is 0 Å². The SMILES string of the molecule is OC(CCN1CCc2ccccc21)c1cc2cn[nH]c2cc1Cl. The topological polar surface area (TPSA) is 52.1 Å². The molecule has 1 aliphatic heterocycles. The van der Waals surface area contributed by atoms with Gasteiger partial charge < -0.3 is 10.0 Å².